The van der Waals surface area contributed by atoms with Crippen LogP contribution in [0, 0.1) is 17.0 Å². The largest absolute Gasteiger partial charge is 0.495 e. The van der Waals surface area contributed by atoms with Crippen LogP contribution in [0.25, 0.3) is 10.9 Å². The van der Waals surface area contributed by atoms with E-state index in [1.807, 2.05) is 0 Å². The zero-order valence-corrected chi connectivity index (χ0v) is 9.31. The Kier molecular flexibility index (Phi) is 2.55. The van der Waals surface area contributed by atoms with Crippen LogP contribution in [0.4, 0.5) is 5.69 Å². The van der Waals surface area contributed by atoms with Gasteiger partial charge < -0.3 is 9.72 Å². The van der Waals surface area contributed by atoms with Gasteiger partial charge in [0.25, 0.3) is 5.69 Å². The van der Waals surface area contributed by atoms with Gasteiger partial charge in [0, 0.05) is 12.1 Å². The summed E-state index contributed by atoms with van der Waals surface area (Å²) in [5.41, 5.74) is 0.546. The summed E-state index contributed by atoms with van der Waals surface area (Å²) in [6, 6.07) is 4.16. The molecule has 0 radical (unpaired) electrons. The molecule has 88 valence electrons. The predicted molar refractivity (Wildman–Crippen MR) is 62.5 cm³/mol. The molecule has 0 saturated carbocycles. The van der Waals surface area contributed by atoms with Crippen molar-refractivity contribution in [3.63, 3.8) is 0 Å². The first kappa shape index (κ1) is 11.1. The van der Waals surface area contributed by atoms with E-state index in [2.05, 4.69) is 4.98 Å². The molecule has 1 aromatic heterocycles. The minimum atomic E-state index is -0.479. The normalized spacial score (nSPS) is 10.5. The number of aryl methyl sites for hydroxylation is 1. The Morgan fingerprint density at radius 3 is 2.71 bits per heavy atom. The summed E-state index contributed by atoms with van der Waals surface area (Å²) < 4.78 is 5.08. The van der Waals surface area contributed by atoms with Crippen LogP contribution in [0.2, 0.25) is 0 Å². The van der Waals surface area contributed by atoms with E-state index in [0.29, 0.717) is 22.2 Å². The summed E-state index contributed by atoms with van der Waals surface area (Å²) in [5.74, 6) is 0.409. The van der Waals surface area contributed by atoms with Crippen LogP contribution in [-0.4, -0.2) is 17.0 Å². The Morgan fingerprint density at radius 1 is 1.41 bits per heavy atom. The van der Waals surface area contributed by atoms with Crippen LogP contribution < -0.4 is 10.3 Å². The number of nitro groups is 1. The van der Waals surface area contributed by atoms with E-state index in [0.717, 1.165) is 0 Å². The molecule has 0 aliphatic rings. The fourth-order valence-corrected chi connectivity index (χ4v) is 1.85. The number of aromatic nitrogens is 1. The van der Waals surface area contributed by atoms with Crippen molar-refractivity contribution in [2.24, 2.45) is 0 Å². The van der Waals surface area contributed by atoms with Crippen LogP contribution in [0.15, 0.2) is 23.0 Å². The van der Waals surface area contributed by atoms with Crippen molar-refractivity contribution in [2.45, 2.75) is 6.92 Å². The topological polar surface area (TPSA) is 85.2 Å². The van der Waals surface area contributed by atoms with Gasteiger partial charge >= 0.3 is 0 Å². The summed E-state index contributed by atoms with van der Waals surface area (Å²) in [4.78, 5) is 24.4. The highest BCUT2D eigenvalue weighted by Crippen LogP contribution is 2.32. The maximum absolute atomic E-state index is 11.4. The summed E-state index contributed by atoms with van der Waals surface area (Å²) in [6.07, 6.45) is 0. The zero-order valence-electron chi connectivity index (χ0n) is 9.31. The molecule has 2 aromatic rings. The Bertz CT molecular complexity index is 660. The van der Waals surface area contributed by atoms with Crippen molar-refractivity contribution in [1.82, 2.24) is 4.98 Å². The number of hydrogen-bond acceptors (Lipinski definition) is 4. The number of nitrogens with zero attached hydrogens (tertiary/aromatic N) is 1. The highest BCUT2D eigenvalue weighted by Gasteiger charge is 2.17. The lowest BCUT2D eigenvalue weighted by Gasteiger charge is -2.07. The number of pyridine rings is 1. The molecule has 2 rings (SSSR count). The molecule has 1 aromatic carbocycles. The van der Waals surface area contributed by atoms with Gasteiger partial charge in [-0.3, -0.25) is 14.9 Å². The third-order valence-electron chi connectivity index (χ3n) is 2.55. The first-order chi connectivity index (χ1) is 8.04. The molecular weight excluding hydrogens is 224 g/mol. The van der Waals surface area contributed by atoms with Crippen molar-refractivity contribution in [2.75, 3.05) is 7.11 Å². The van der Waals surface area contributed by atoms with Crippen molar-refractivity contribution >= 4 is 16.6 Å². The molecule has 0 aliphatic heterocycles. The lowest BCUT2D eigenvalue weighted by molar-refractivity contribution is -0.383. The number of benzene rings is 1. The van der Waals surface area contributed by atoms with E-state index in [1.165, 1.54) is 25.3 Å². The maximum Gasteiger partial charge on any atom is 0.279 e. The third-order valence-corrected chi connectivity index (χ3v) is 2.55. The van der Waals surface area contributed by atoms with E-state index in [-0.39, 0.29) is 11.2 Å². The Balaban J connectivity index is 3.00. The summed E-state index contributed by atoms with van der Waals surface area (Å²) in [6.45, 7) is 1.66. The fraction of sp³-hybridized carbons (Fsp3) is 0.182. The minimum Gasteiger partial charge on any atom is -0.495 e. The molecule has 0 bridgehead atoms. The molecule has 17 heavy (non-hydrogen) atoms. The zero-order chi connectivity index (χ0) is 12.6. The second-order valence-corrected chi connectivity index (χ2v) is 3.61. The van der Waals surface area contributed by atoms with Crippen molar-refractivity contribution < 1.29 is 9.66 Å². The smallest absolute Gasteiger partial charge is 0.279 e. The molecule has 0 aliphatic carbocycles. The first-order valence-corrected chi connectivity index (χ1v) is 4.89. The molecule has 6 heteroatoms. The lowest BCUT2D eigenvalue weighted by Crippen LogP contribution is -2.07. The molecule has 0 atom stereocenters. The van der Waals surface area contributed by atoms with E-state index < -0.39 is 4.92 Å². The molecule has 0 saturated heterocycles. The quantitative estimate of drug-likeness (QED) is 0.633. The van der Waals surface area contributed by atoms with Crippen molar-refractivity contribution in [1.29, 1.82) is 0 Å². The molecule has 0 spiro atoms. The number of methoxy groups -OCH3 is 1. The van der Waals surface area contributed by atoms with Gasteiger partial charge in [0.15, 0.2) is 0 Å². The fourth-order valence-electron chi connectivity index (χ4n) is 1.85. The summed E-state index contributed by atoms with van der Waals surface area (Å²) in [5, 5.41) is 11.3. The highest BCUT2D eigenvalue weighted by molar-refractivity contribution is 5.94. The van der Waals surface area contributed by atoms with Gasteiger partial charge in [-0.15, -0.1) is 0 Å². The van der Waals surface area contributed by atoms with Gasteiger partial charge in [0.2, 0.25) is 5.56 Å². The first-order valence-electron chi connectivity index (χ1n) is 4.89. The average molecular weight is 234 g/mol. The monoisotopic (exact) mass is 234 g/mol. The lowest BCUT2D eigenvalue weighted by atomic mass is 10.1. The van der Waals surface area contributed by atoms with Crippen LogP contribution in [0.3, 0.4) is 0 Å². The summed E-state index contributed by atoms with van der Waals surface area (Å²) >= 11 is 0. The van der Waals surface area contributed by atoms with E-state index >= 15 is 0 Å². The van der Waals surface area contributed by atoms with Gasteiger partial charge in [-0.2, -0.15) is 0 Å². The van der Waals surface area contributed by atoms with E-state index in [4.69, 9.17) is 4.74 Å². The van der Waals surface area contributed by atoms with Crippen LogP contribution in [-0.2, 0) is 0 Å². The molecule has 1 N–H and O–H groups in total. The van der Waals surface area contributed by atoms with E-state index in [1.54, 1.807) is 6.92 Å². The van der Waals surface area contributed by atoms with E-state index in [9.17, 15) is 14.9 Å². The number of hydrogen-bond donors (Lipinski definition) is 1. The second kappa shape index (κ2) is 3.89. The highest BCUT2D eigenvalue weighted by atomic mass is 16.6. The number of rotatable bonds is 2. The average Bonchev–Trinajstić information content (AvgIpc) is 2.27. The van der Waals surface area contributed by atoms with Crippen molar-refractivity contribution in [3.05, 3.63) is 44.2 Å². The SMILES string of the molecule is COc1ccc([N+](=O)[O-])c2c(C)cc(=O)[nH]c12. The number of non-ortho nitro benzene ring substituents is 1. The third kappa shape index (κ3) is 1.73. The number of nitro benzene ring substituents is 1. The predicted octanol–water partition coefficient (Wildman–Crippen LogP) is 1.75. The molecule has 0 unspecified atom stereocenters. The second-order valence-electron chi connectivity index (χ2n) is 3.61. The van der Waals surface area contributed by atoms with Crippen LogP contribution >= 0.6 is 0 Å². The van der Waals surface area contributed by atoms with Gasteiger partial charge in [0.1, 0.15) is 5.75 Å². The maximum atomic E-state index is 11.4. The number of aromatic amines is 1. The number of H-pyrrole nitrogens is 1. The van der Waals surface area contributed by atoms with Gasteiger partial charge in [0.05, 0.1) is 22.9 Å². The van der Waals surface area contributed by atoms with Gasteiger partial charge in [-0.1, -0.05) is 0 Å². The Morgan fingerprint density at radius 2 is 2.12 bits per heavy atom. The summed E-state index contributed by atoms with van der Waals surface area (Å²) in [7, 11) is 1.45. The van der Waals surface area contributed by atoms with Crippen molar-refractivity contribution in [3.8, 4) is 5.75 Å². The molecule has 1 heterocycles. The molecule has 0 amide bonds. The van der Waals surface area contributed by atoms with Crippen LogP contribution in [0.1, 0.15) is 5.56 Å². The minimum absolute atomic E-state index is 0.0467. The number of ether oxygens (including phenoxy) is 1. The standard InChI is InChI=1S/C11H10N2O4/c1-6-5-9(14)12-11-8(17-2)4-3-7(10(6)11)13(15)16/h3-5H,1-2H3,(H,12,14). The Hall–Kier alpha value is -2.37. The van der Waals surface area contributed by atoms with Gasteiger partial charge in [-0.05, 0) is 18.6 Å². The van der Waals surface area contributed by atoms with Crippen LogP contribution in [0.5, 0.6) is 5.75 Å². The number of fused-ring (bicyclic) bond motifs is 1. The Labute approximate surface area is 96.0 Å². The molecule has 0 fully saturated rings. The van der Waals surface area contributed by atoms with Gasteiger partial charge in [-0.25, -0.2) is 0 Å². The molecular formula is C11H10N2O4. The molecule has 6 nitrogen and oxygen atoms in total. The number of nitrogens with one attached hydrogen (secondary N) is 1.